The van der Waals surface area contributed by atoms with Gasteiger partial charge >= 0.3 is 5.97 Å². The summed E-state index contributed by atoms with van der Waals surface area (Å²) < 4.78 is 4.59. The summed E-state index contributed by atoms with van der Waals surface area (Å²) in [4.78, 5) is 13.1. The van der Waals surface area contributed by atoms with E-state index in [2.05, 4.69) is 42.9 Å². The van der Waals surface area contributed by atoms with Crippen molar-refractivity contribution in [1.29, 1.82) is 0 Å². The zero-order valence-electron chi connectivity index (χ0n) is 11.2. The van der Waals surface area contributed by atoms with Crippen molar-refractivity contribution >= 4 is 5.97 Å². The lowest BCUT2D eigenvalue weighted by Gasteiger charge is -2.25. The van der Waals surface area contributed by atoms with Gasteiger partial charge in [-0.3, -0.25) is 4.79 Å². The quantitative estimate of drug-likeness (QED) is 0.501. The molecule has 1 N–H and O–H groups in total. The Labute approximate surface area is 99.3 Å². The highest BCUT2D eigenvalue weighted by atomic mass is 16.5. The Morgan fingerprint density at radius 3 is 2.44 bits per heavy atom. The second kappa shape index (κ2) is 8.53. The van der Waals surface area contributed by atoms with Crippen LogP contribution in [0.15, 0.2) is 0 Å². The van der Waals surface area contributed by atoms with Gasteiger partial charge in [0.25, 0.3) is 0 Å². The summed E-state index contributed by atoms with van der Waals surface area (Å²) in [7, 11) is 5.58. The van der Waals surface area contributed by atoms with Gasteiger partial charge < -0.3 is 15.0 Å². The van der Waals surface area contributed by atoms with E-state index in [9.17, 15) is 4.79 Å². The molecule has 0 aliphatic rings. The number of ether oxygens (including phenoxy) is 1. The van der Waals surface area contributed by atoms with Gasteiger partial charge in [-0.2, -0.15) is 0 Å². The van der Waals surface area contributed by atoms with Crippen molar-refractivity contribution in [3.05, 3.63) is 0 Å². The molecular formula is C12H26N2O2. The normalized spacial score (nSPS) is 13.2. The lowest BCUT2D eigenvalue weighted by Crippen LogP contribution is -2.42. The van der Waals surface area contributed by atoms with Crippen LogP contribution in [0.3, 0.4) is 0 Å². The molecule has 0 heterocycles. The molecule has 0 amide bonds. The lowest BCUT2D eigenvalue weighted by atomic mass is 10.0. The molecule has 1 unspecified atom stereocenters. The van der Waals surface area contributed by atoms with Crippen LogP contribution in [0, 0.1) is 5.92 Å². The molecule has 1 atom stereocenters. The van der Waals surface area contributed by atoms with Crippen molar-refractivity contribution in [2.45, 2.75) is 32.7 Å². The third-order valence-corrected chi connectivity index (χ3v) is 2.56. The average Bonchev–Trinajstić information content (AvgIpc) is 2.21. The third-order valence-electron chi connectivity index (χ3n) is 2.56. The van der Waals surface area contributed by atoms with E-state index in [1.54, 1.807) is 0 Å². The molecule has 0 aliphatic carbocycles. The highest BCUT2D eigenvalue weighted by molar-refractivity contribution is 5.69. The fourth-order valence-electron chi connectivity index (χ4n) is 1.53. The van der Waals surface area contributed by atoms with Crippen LogP contribution in [0.25, 0.3) is 0 Å². The molecule has 0 aromatic heterocycles. The van der Waals surface area contributed by atoms with Crippen molar-refractivity contribution in [1.82, 2.24) is 10.2 Å². The number of rotatable bonds is 8. The first-order chi connectivity index (χ1) is 7.47. The second-order valence-corrected chi connectivity index (χ2v) is 4.75. The average molecular weight is 230 g/mol. The third kappa shape index (κ3) is 7.65. The summed E-state index contributed by atoms with van der Waals surface area (Å²) in [5, 5.41) is 3.48. The van der Waals surface area contributed by atoms with E-state index in [1.165, 1.54) is 7.11 Å². The van der Waals surface area contributed by atoms with Gasteiger partial charge in [-0.1, -0.05) is 13.8 Å². The van der Waals surface area contributed by atoms with Crippen LogP contribution in [0.5, 0.6) is 0 Å². The summed E-state index contributed by atoms with van der Waals surface area (Å²) in [6.07, 6.45) is 1.33. The number of hydrogen-bond acceptors (Lipinski definition) is 4. The fourth-order valence-corrected chi connectivity index (χ4v) is 1.53. The fraction of sp³-hybridized carbons (Fsp3) is 0.917. The molecule has 4 nitrogen and oxygen atoms in total. The molecule has 0 aromatic carbocycles. The minimum Gasteiger partial charge on any atom is -0.469 e. The van der Waals surface area contributed by atoms with Gasteiger partial charge in [0.15, 0.2) is 0 Å². The summed E-state index contributed by atoms with van der Waals surface area (Å²) in [6.45, 7) is 6.31. The van der Waals surface area contributed by atoms with Gasteiger partial charge in [-0.25, -0.2) is 0 Å². The predicted octanol–water partition coefficient (Wildman–Crippen LogP) is 1.12. The van der Waals surface area contributed by atoms with Crippen LogP contribution in [-0.2, 0) is 9.53 Å². The van der Waals surface area contributed by atoms with Crippen LogP contribution in [0.2, 0.25) is 0 Å². The summed E-state index contributed by atoms with van der Waals surface area (Å²) in [5.74, 6) is 0.469. The second-order valence-electron chi connectivity index (χ2n) is 4.75. The molecular weight excluding hydrogens is 204 g/mol. The van der Waals surface area contributed by atoms with Crippen molar-refractivity contribution in [3.8, 4) is 0 Å². The number of carbonyl (C=O) groups is 1. The largest absolute Gasteiger partial charge is 0.469 e. The van der Waals surface area contributed by atoms with E-state index in [0.717, 1.165) is 19.5 Å². The molecule has 16 heavy (non-hydrogen) atoms. The molecule has 0 fully saturated rings. The van der Waals surface area contributed by atoms with E-state index in [1.807, 2.05) is 0 Å². The number of nitrogens with zero attached hydrogens (tertiary/aromatic N) is 1. The van der Waals surface area contributed by atoms with Crippen LogP contribution < -0.4 is 5.32 Å². The van der Waals surface area contributed by atoms with E-state index in [0.29, 0.717) is 18.4 Å². The Bertz CT molecular complexity index is 193. The smallest absolute Gasteiger partial charge is 0.305 e. The molecule has 0 saturated heterocycles. The Morgan fingerprint density at radius 2 is 2.00 bits per heavy atom. The molecule has 0 bridgehead atoms. The first-order valence-electron chi connectivity index (χ1n) is 5.92. The standard InChI is InChI=1S/C12H26N2O2/c1-10(2)11(9-14(3)4)13-8-6-7-12(15)16-5/h10-11,13H,6-9H2,1-5H3. The first kappa shape index (κ1) is 15.4. The number of nitrogens with one attached hydrogen (secondary N) is 1. The van der Waals surface area contributed by atoms with E-state index >= 15 is 0 Å². The summed E-state index contributed by atoms with van der Waals surface area (Å²) in [5.41, 5.74) is 0. The number of likely N-dealkylation sites (N-methyl/N-ethyl adjacent to an activating group) is 1. The highest BCUT2D eigenvalue weighted by Gasteiger charge is 2.13. The predicted molar refractivity (Wildman–Crippen MR) is 66.4 cm³/mol. The van der Waals surface area contributed by atoms with Crippen molar-refractivity contribution in [2.24, 2.45) is 5.92 Å². The number of methoxy groups -OCH3 is 1. The highest BCUT2D eigenvalue weighted by Crippen LogP contribution is 2.03. The van der Waals surface area contributed by atoms with E-state index < -0.39 is 0 Å². The number of esters is 1. The van der Waals surface area contributed by atoms with Gasteiger partial charge in [0, 0.05) is 19.0 Å². The van der Waals surface area contributed by atoms with Crippen molar-refractivity contribution in [2.75, 3.05) is 34.3 Å². The van der Waals surface area contributed by atoms with Crippen LogP contribution >= 0.6 is 0 Å². The monoisotopic (exact) mass is 230 g/mol. The Kier molecular flexibility index (Phi) is 8.21. The summed E-state index contributed by atoms with van der Waals surface area (Å²) in [6, 6.07) is 0.479. The minimum atomic E-state index is -0.129. The first-order valence-corrected chi connectivity index (χ1v) is 5.92. The van der Waals surface area contributed by atoms with E-state index in [4.69, 9.17) is 0 Å². The Morgan fingerprint density at radius 1 is 1.38 bits per heavy atom. The zero-order chi connectivity index (χ0) is 12.6. The van der Waals surface area contributed by atoms with Gasteiger partial charge in [0.1, 0.15) is 0 Å². The topological polar surface area (TPSA) is 41.6 Å². The number of carbonyl (C=O) groups excluding carboxylic acids is 1. The Balaban J connectivity index is 3.72. The van der Waals surface area contributed by atoms with Gasteiger partial charge in [0.05, 0.1) is 7.11 Å². The molecule has 0 saturated carbocycles. The molecule has 0 rings (SSSR count). The molecule has 0 radical (unpaired) electrons. The maximum atomic E-state index is 10.9. The lowest BCUT2D eigenvalue weighted by molar-refractivity contribution is -0.140. The molecule has 0 aromatic rings. The van der Waals surface area contributed by atoms with Gasteiger partial charge in [-0.15, -0.1) is 0 Å². The van der Waals surface area contributed by atoms with Crippen molar-refractivity contribution in [3.63, 3.8) is 0 Å². The van der Waals surface area contributed by atoms with E-state index in [-0.39, 0.29) is 5.97 Å². The van der Waals surface area contributed by atoms with Crippen molar-refractivity contribution < 1.29 is 9.53 Å². The maximum Gasteiger partial charge on any atom is 0.305 e. The van der Waals surface area contributed by atoms with Crippen LogP contribution in [0.4, 0.5) is 0 Å². The molecule has 0 spiro atoms. The maximum absolute atomic E-state index is 10.9. The molecule has 4 heteroatoms. The minimum absolute atomic E-state index is 0.129. The molecule has 96 valence electrons. The number of hydrogen-bond donors (Lipinski definition) is 1. The zero-order valence-corrected chi connectivity index (χ0v) is 11.2. The Hall–Kier alpha value is -0.610. The summed E-state index contributed by atoms with van der Waals surface area (Å²) >= 11 is 0. The molecule has 0 aliphatic heterocycles. The van der Waals surface area contributed by atoms with Crippen LogP contribution in [-0.4, -0.2) is 51.2 Å². The van der Waals surface area contributed by atoms with Gasteiger partial charge in [0.2, 0.25) is 0 Å². The van der Waals surface area contributed by atoms with Gasteiger partial charge in [-0.05, 0) is 33.0 Å². The van der Waals surface area contributed by atoms with Crippen LogP contribution in [0.1, 0.15) is 26.7 Å². The SMILES string of the molecule is COC(=O)CCCNC(CN(C)C)C(C)C.